The van der Waals surface area contributed by atoms with Crippen molar-refractivity contribution in [2.24, 2.45) is 0 Å². The van der Waals surface area contributed by atoms with Crippen molar-refractivity contribution in [3.05, 3.63) is 53.1 Å². The van der Waals surface area contributed by atoms with Crippen LogP contribution in [0.4, 0.5) is 0 Å². The van der Waals surface area contributed by atoms with Crippen LogP contribution in [0.5, 0.6) is 17.2 Å². The van der Waals surface area contributed by atoms with Gasteiger partial charge >= 0.3 is 0 Å². The minimum Gasteiger partial charge on any atom is -0.491 e. The van der Waals surface area contributed by atoms with Crippen LogP contribution >= 0.6 is 0 Å². The summed E-state index contributed by atoms with van der Waals surface area (Å²) in [5, 5.41) is 3.59. The molecule has 3 aliphatic rings. The summed E-state index contributed by atoms with van der Waals surface area (Å²) in [7, 11) is 0. The highest BCUT2D eigenvalue weighted by Crippen LogP contribution is 2.47. The van der Waals surface area contributed by atoms with Gasteiger partial charge < -0.3 is 19.5 Å². The Bertz CT molecular complexity index is 728. The maximum Gasteiger partial charge on any atom is 0.231 e. The van der Waals surface area contributed by atoms with E-state index in [-0.39, 0.29) is 0 Å². The summed E-state index contributed by atoms with van der Waals surface area (Å²) < 4.78 is 16.9. The topological polar surface area (TPSA) is 39.7 Å². The van der Waals surface area contributed by atoms with E-state index in [0.717, 1.165) is 23.8 Å². The molecule has 0 amide bonds. The van der Waals surface area contributed by atoms with Crippen LogP contribution in [-0.2, 0) is 6.54 Å². The van der Waals surface area contributed by atoms with E-state index in [1.165, 1.54) is 16.7 Å². The molecule has 0 unspecified atom stereocenters. The Morgan fingerprint density at radius 3 is 2.71 bits per heavy atom. The number of hydrogen-bond donors (Lipinski definition) is 1. The molecular formula is C17H15NO3. The highest BCUT2D eigenvalue weighted by molar-refractivity contribution is 5.57. The monoisotopic (exact) mass is 281 g/mol. The Morgan fingerprint density at radius 2 is 1.76 bits per heavy atom. The number of nitrogens with one attached hydrogen (secondary N) is 1. The summed E-state index contributed by atoms with van der Waals surface area (Å²) in [5.41, 5.74) is 3.95. The fraction of sp³-hybridized carbons (Fsp3) is 0.294. The van der Waals surface area contributed by atoms with E-state index in [4.69, 9.17) is 14.2 Å². The predicted octanol–water partition coefficient (Wildman–Crippen LogP) is 2.41. The summed E-state index contributed by atoms with van der Waals surface area (Å²) in [4.78, 5) is 0. The lowest BCUT2D eigenvalue weighted by Gasteiger charge is -2.39. The first kappa shape index (κ1) is 11.5. The zero-order valence-corrected chi connectivity index (χ0v) is 11.5. The quantitative estimate of drug-likeness (QED) is 0.805. The Hall–Kier alpha value is -2.20. The normalized spacial score (nSPS) is 24.6. The van der Waals surface area contributed by atoms with Gasteiger partial charge in [0.2, 0.25) is 6.79 Å². The van der Waals surface area contributed by atoms with Crippen molar-refractivity contribution in [3.63, 3.8) is 0 Å². The van der Waals surface area contributed by atoms with Gasteiger partial charge in [-0.3, -0.25) is 0 Å². The van der Waals surface area contributed by atoms with Crippen molar-refractivity contribution in [1.29, 1.82) is 0 Å². The lowest BCUT2D eigenvalue weighted by atomic mass is 9.78. The molecule has 0 radical (unpaired) electrons. The maximum absolute atomic E-state index is 5.94. The van der Waals surface area contributed by atoms with E-state index < -0.39 is 0 Å². The number of hydrogen-bond acceptors (Lipinski definition) is 4. The first-order chi connectivity index (χ1) is 10.4. The van der Waals surface area contributed by atoms with Gasteiger partial charge in [0.05, 0.1) is 6.04 Å². The zero-order valence-electron chi connectivity index (χ0n) is 11.5. The number of fused-ring (bicyclic) bond motifs is 6. The van der Waals surface area contributed by atoms with Gasteiger partial charge in [-0.15, -0.1) is 0 Å². The molecule has 3 heterocycles. The van der Waals surface area contributed by atoms with Gasteiger partial charge in [-0.25, -0.2) is 0 Å². The summed E-state index contributed by atoms with van der Waals surface area (Å²) in [6.07, 6.45) is 0. The molecule has 0 bridgehead atoms. The number of benzene rings is 2. The van der Waals surface area contributed by atoms with Crippen LogP contribution in [0.25, 0.3) is 0 Å². The van der Waals surface area contributed by atoms with E-state index in [2.05, 4.69) is 35.6 Å². The van der Waals surface area contributed by atoms with Crippen molar-refractivity contribution >= 4 is 0 Å². The van der Waals surface area contributed by atoms with Gasteiger partial charge in [0.15, 0.2) is 11.5 Å². The molecule has 3 aliphatic heterocycles. The Kier molecular flexibility index (Phi) is 2.26. The van der Waals surface area contributed by atoms with Gasteiger partial charge in [-0.1, -0.05) is 24.3 Å². The van der Waals surface area contributed by atoms with Crippen LogP contribution in [-0.4, -0.2) is 19.4 Å². The molecule has 0 aliphatic carbocycles. The third kappa shape index (κ3) is 1.59. The van der Waals surface area contributed by atoms with Crippen LogP contribution < -0.4 is 19.5 Å². The second-order valence-electron chi connectivity index (χ2n) is 5.72. The van der Waals surface area contributed by atoms with E-state index >= 15 is 0 Å². The standard InChI is InChI=1S/C17H15NO3/c1-2-4-11-10(3-1)7-18-13-8-19-14-6-16-15(20-9-21-16)5-12(14)17(11)13/h1-6,13,17-18H,7-9H2/t13-,17-/m0/s1. The highest BCUT2D eigenvalue weighted by Gasteiger charge is 2.37. The molecule has 0 spiro atoms. The van der Waals surface area contributed by atoms with Gasteiger partial charge in [0.25, 0.3) is 0 Å². The van der Waals surface area contributed by atoms with Gasteiger partial charge in [-0.2, -0.15) is 0 Å². The largest absolute Gasteiger partial charge is 0.491 e. The molecule has 4 heteroatoms. The fourth-order valence-electron chi connectivity index (χ4n) is 3.60. The molecule has 2 aromatic rings. The summed E-state index contributed by atoms with van der Waals surface area (Å²) in [6, 6.07) is 13.0. The molecule has 1 N–H and O–H groups in total. The Labute approximate surface area is 122 Å². The molecule has 0 saturated carbocycles. The van der Waals surface area contributed by atoms with Crippen LogP contribution in [0, 0.1) is 0 Å². The molecule has 0 aromatic heterocycles. The zero-order chi connectivity index (χ0) is 13.8. The summed E-state index contributed by atoms with van der Waals surface area (Å²) >= 11 is 0. The third-order valence-corrected chi connectivity index (χ3v) is 4.61. The van der Waals surface area contributed by atoms with E-state index in [1.54, 1.807) is 0 Å². The number of rotatable bonds is 0. The number of ether oxygens (including phenoxy) is 3. The molecule has 21 heavy (non-hydrogen) atoms. The van der Waals surface area contributed by atoms with Gasteiger partial charge in [0.1, 0.15) is 12.4 Å². The smallest absolute Gasteiger partial charge is 0.231 e. The van der Waals surface area contributed by atoms with E-state index in [1.807, 2.05) is 6.07 Å². The molecule has 4 nitrogen and oxygen atoms in total. The molecule has 2 aromatic carbocycles. The molecular weight excluding hydrogens is 266 g/mol. The lowest BCUT2D eigenvalue weighted by Crippen LogP contribution is -2.46. The van der Waals surface area contributed by atoms with Gasteiger partial charge in [0, 0.05) is 24.1 Å². The fourth-order valence-corrected chi connectivity index (χ4v) is 3.60. The van der Waals surface area contributed by atoms with Crippen LogP contribution in [0.1, 0.15) is 22.6 Å². The minimum absolute atomic E-state index is 0.293. The molecule has 0 saturated heterocycles. The minimum atomic E-state index is 0.293. The summed E-state index contributed by atoms with van der Waals surface area (Å²) in [6.45, 7) is 1.88. The average molecular weight is 281 g/mol. The molecule has 0 fully saturated rings. The summed E-state index contributed by atoms with van der Waals surface area (Å²) in [5.74, 6) is 2.83. The Balaban J connectivity index is 1.71. The lowest BCUT2D eigenvalue weighted by molar-refractivity contribution is 0.173. The second kappa shape index (κ2) is 4.15. The molecule has 5 rings (SSSR count). The first-order valence-electron chi connectivity index (χ1n) is 7.28. The van der Waals surface area contributed by atoms with Crippen molar-refractivity contribution in [1.82, 2.24) is 5.32 Å². The van der Waals surface area contributed by atoms with E-state index in [0.29, 0.717) is 25.4 Å². The maximum atomic E-state index is 5.94. The molecule has 2 atom stereocenters. The Morgan fingerprint density at radius 1 is 0.905 bits per heavy atom. The third-order valence-electron chi connectivity index (χ3n) is 4.61. The van der Waals surface area contributed by atoms with Crippen LogP contribution in [0.2, 0.25) is 0 Å². The predicted molar refractivity (Wildman–Crippen MR) is 77.0 cm³/mol. The van der Waals surface area contributed by atoms with E-state index in [9.17, 15) is 0 Å². The molecule has 106 valence electrons. The van der Waals surface area contributed by atoms with Crippen molar-refractivity contribution in [2.75, 3.05) is 13.4 Å². The van der Waals surface area contributed by atoms with Crippen molar-refractivity contribution < 1.29 is 14.2 Å². The van der Waals surface area contributed by atoms with Crippen molar-refractivity contribution in [3.8, 4) is 17.2 Å². The average Bonchev–Trinajstić information content (AvgIpc) is 2.99. The first-order valence-corrected chi connectivity index (χ1v) is 7.28. The van der Waals surface area contributed by atoms with Gasteiger partial charge in [-0.05, 0) is 17.2 Å². The van der Waals surface area contributed by atoms with Crippen LogP contribution in [0.3, 0.4) is 0 Å². The highest BCUT2D eigenvalue weighted by atomic mass is 16.7. The van der Waals surface area contributed by atoms with Crippen LogP contribution in [0.15, 0.2) is 36.4 Å². The SMILES string of the molecule is c1ccc2c(c1)CN[C@H]1COc3cc4c(cc3[C@H]21)OCO4. The second-order valence-corrected chi connectivity index (χ2v) is 5.72. The van der Waals surface area contributed by atoms with Crippen molar-refractivity contribution in [2.45, 2.75) is 18.5 Å².